The normalized spacial score (nSPS) is 10.7. The van der Waals surface area contributed by atoms with Crippen molar-refractivity contribution in [2.45, 2.75) is 20.4 Å². The lowest BCUT2D eigenvalue weighted by molar-refractivity contribution is 0.0469. The summed E-state index contributed by atoms with van der Waals surface area (Å²) in [7, 11) is 0. The molecule has 3 heterocycles. The minimum atomic E-state index is -0.587. The molecule has 0 unspecified atom stereocenters. The maximum Gasteiger partial charge on any atom is 0.358 e. The molecule has 7 heteroatoms. The number of hydrogen-bond acceptors (Lipinski definition) is 6. The molecule has 5 nitrogen and oxygen atoms in total. The van der Waals surface area contributed by atoms with Crippen LogP contribution < -0.4 is 0 Å². The van der Waals surface area contributed by atoms with Gasteiger partial charge in [0, 0.05) is 39.8 Å². The maximum atomic E-state index is 12.4. The highest BCUT2D eigenvalue weighted by Gasteiger charge is 2.19. The van der Waals surface area contributed by atoms with Crippen molar-refractivity contribution in [3.05, 3.63) is 63.6 Å². The van der Waals surface area contributed by atoms with E-state index in [1.54, 1.807) is 22.8 Å². The average molecular weight is 386 g/mol. The van der Waals surface area contributed by atoms with Crippen LogP contribution in [0.2, 0.25) is 0 Å². The SMILES string of the molecule is C=CCn1c(C)cc(C(=O)COC(=O)c2csc(-c3ccsc3)n2)c1C. The fourth-order valence-electron chi connectivity index (χ4n) is 2.66. The van der Waals surface area contributed by atoms with Crippen LogP contribution in [-0.4, -0.2) is 27.9 Å². The summed E-state index contributed by atoms with van der Waals surface area (Å²) >= 11 is 2.95. The highest BCUT2D eigenvalue weighted by atomic mass is 32.1. The number of hydrogen-bond donors (Lipinski definition) is 0. The number of ketones is 1. The van der Waals surface area contributed by atoms with E-state index in [4.69, 9.17) is 4.74 Å². The molecule has 0 saturated heterocycles. The second kappa shape index (κ2) is 7.80. The molecule has 0 aliphatic heterocycles. The predicted octanol–water partition coefficient (Wildman–Crippen LogP) is 4.52. The number of carbonyl (C=O) groups excluding carboxylic acids is 2. The lowest BCUT2D eigenvalue weighted by atomic mass is 10.1. The number of esters is 1. The molecule has 0 spiro atoms. The number of aromatic nitrogens is 2. The van der Waals surface area contributed by atoms with E-state index in [1.807, 2.05) is 41.3 Å². The molecule has 0 atom stereocenters. The first-order chi connectivity index (χ1) is 12.5. The molecule has 3 aromatic heterocycles. The van der Waals surface area contributed by atoms with Gasteiger partial charge in [0.2, 0.25) is 5.78 Å². The maximum absolute atomic E-state index is 12.4. The van der Waals surface area contributed by atoms with Crippen molar-refractivity contribution in [3.63, 3.8) is 0 Å². The fraction of sp³-hybridized carbons (Fsp3) is 0.211. The van der Waals surface area contributed by atoms with Crippen LogP contribution in [0.3, 0.4) is 0 Å². The Morgan fingerprint density at radius 3 is 2.85 bits per heavy atom. The van der Waals surface area contributed by atoms with Crippen molar-refractivity contribution in [2.24, 2.45) is 0 Å². The molecule has 0 N–H and O–H groups in total. The van der Waals surface area contributed by atoms with E-state index in [0.29, 0.717) is 12.1 Å². The fourth-order valence-corrected chi connectivity index (χ4v) is 4.16. The second-order valence-electron chi connectivity index (χ2n) is 5.73. The lowest BCUT2D eigenvalue weighted by Crippen LogP contribution is -2.15. The Hall–Kier alpha value is -2.51. The van der Waals surface area contributed by atoms with Gasteiger partial charge in [0.15, 0.2) is 12.3 Å². The molecule has 0 saturated carbocycles. The molecule has 0 fully saturated rings. The summed E-state index contributed by atoms with van der Waals surface area (Å²) in [6.07, 6.45) is 1.78. The predicted molar refractivity (Wildman–Crippen MR) is 104 cm³/mol. The molecule has 26 heavy (non-hydrogen) atoms. The standard InChI is InChI=1S/C19H18N2O3S2/c1-4-6-21-12(2)8-15(13(21)3)17(22)9-24-19(23)16-11-26-18(20-16)14-5-7-25-10-14/h4-5,7-8,10-11H,1,6,9H2,2-3H3. The molecule has 0 bridgehead atoms. The van der Waals surface area contributed by atoms with E-state index < -0.39 is 5.97 Å². The van der Waals surface area contributed by atoms with Gasteiger partial charge in [-0.25, -0.2) is 9.78 Å². The van der Waals surface area contributed by atoms with Gasteiger partial charge in [0.05, 0.1) is 0 Å². The van der Waals surface area contributed by atoms with Crippen LogP contribution in [0.4, 0.5) is 0 Å². The van der Waals surface area contributed by atoms with E-state index in [9.17, 15) is 9.59 Å². The van der Waals surface area contributed by atoms with Crippen LogP contribution in [0, 0.1) is 13.8 Å². The van der Waals surface area contributed by atoms with E-state index in [1.165, 1.54) is 11.3 Å². The first-order valence-corrected chi connectivity index (χ1v) is 9.79. The van der Waals surface area contributed by atoms with Crippen molar-refractivity contribution >= 4 is 34.4 Å². The molecule has 3 aromatic rings. The largest absolute Gasteiger partial charge is 0.453 e. The average Bonchev–Trinajstić information content (AvgIpc) is 3.35. The number of aryl methyl sites for hydroxylation is 1. The summed E-state index contributed by atoms with van der Waals surface area (Å²) in [6, 6.07) is 3.76. The number of Topliss-reactive ketones (excluding diaryl/α,β-unsaturated/α-hetero) is 1. The van der Waals surface area contributed by atoms with E-state index in [2.05, 4.69) is 11.6 Å². The van der Waals surface area contributed by atoms with Crippen LogP contribution >= 0.6 is 22.7 Å². The van der Waals surface area contributed by atoms with Gasteiger partial charge < -0.3 is 9.30 Å². The highest BCUT2D eigenvalue weighted by molar-refractivity contribution is 7.14. The summed E-state index contributed by atoms with van der Waals surface area (Å²) in [4.78, 5) is 28.9. The molecule has 0 radical (unpaired) electrons. The topological polar surface area (TPSA) is 61.2 Å². The van der Waals surface area contributed by atoms with Crippen LogP contribution in [0.5, 0.6) is 0 Å². The van der Waals surface area contributed by atoms with E-state index >= 15 is 0 Å². The quantitative estimate of drug-likeness (QED) is 0.340. The smallest absolute Gasteiger partial charge is 0.358 e. The lowest BCUT2D eigenvalue weighted by Gasteiger charge is -2.06. The van der Waals surface area contributed by atoms with E-state index in [-0.39, 0.29) is 18.1 Å². The molecular weight excluding hydrogens is 368 g/mol. The van der Waals surface area contributed by atoms with E-state index in [0.717, 1.165) is 22.0 Å². The van der Waals surface area contributed by atoms with Gasteiger partial charge in [-0.1, -0.05) is 6.08 Å². The third kappa shape index (κ3) is 3.68. The Kier molecular flexibility index (Phi) is 5.49. The Morgan fingerprint density at radius 1 is 1.35 bits per heavy atom. The van der Waals surface area contributed by atoms with Crippen LogP contribution in [0.25, 0.3) is 10.6 Å². The zero-order chi connectivity index (χ0) is 18.7. The Bertz CT molecular complexity index is 952. The minimum absolute atomic E-state index is 0.223. The number of rotatable bonds is 7. The number of nitrogens with zero attached hydrogens (tertiary/aromatic N) is 2. The van der Waals surface area contributed by atoms with Gasteiger partial charge in [-0.05, 0) is 31.4 Å². The van der Waals surface area contributed by atoms with Crippen molar-refractivity contribution in [1.29, 1.82) is 0 Å². The summed E-state index contributed by atoms with van der Waals surface area (Å²) < 4.78 is 7.16. The van der Waals surface area contributed by atoms with Crippen LogP contribution in [0.15, 0.2) is 40.9 Å². The Morgan fingerprint density at radius 2 is 2.15 bits per heavy atom. The Balaban J connectivity index is 1.65. The first-order valence-electron chi connectivity index (χ1n) is 7.97. The van der Waals surface area contributed by atoms with Gasteiger partial charge >= 0.3 is 5.97 Å². The molecule has 134 valence electrons. The van der Waals surface area contributed by atoms with Crippen LogP contribution in [-0.2, 0) is 11.3 Å². The minimum Gasteiger partial charge on any atom is -0.453 e. The van der Waals surface area contributed by atoms with Crippen LogP contribution in [0.1, 0.15) is 32.2 Å². The van der Waals surface area contributed by atoms with Gasteiger partial charge in [-0.2, -0.15) is 11.3 Å². The molecule has 3 rings (SSSR count). The number of carbonyl (C=O) groups is 2. The van der Waals surface area contributed by atoms with Crippen molar-refractivity contribution in [1.82, 2.24) is 9.55 Å². The Labute approximate surface area is 159 Å². The van der Waals surface area contributed by atoms with Crippen molar-refractivity contribution in [2.75, 3.05) is 6.61 Å². The number of allylic oxidation sites excluding steroid dienone is 1. The molecular formula is C19H18N2O3S2. The number of thiazole rings is 1. The van der Waals surface area contributed by atoms with Gasteiger partial charge in [-0.15, -0.1) is 17.9 Å². The highest BCUT2D eigenvalue weighted by Crippen LogP contribution is 2.26. The third-order valence-corrected chi connectivity index (χ3v) is 5.58. The monoisotopic (exact) mass is 386 g/mol. The zero-order valence-corrected chi connectivity index (χ0v) is 16.2. The van der Waals surface area contributed by atoms with Crippen molar-refractivity contribution in [3.8, 4) is 10.6 Å². The van der Waals surface area contributed by atoms with Gasteiger partial charge in [0.25, 0.3) is 0 Å². The summed E-state index contributed by atoms with van der Waals surface area (Å²) in [5, 5.41) is 6.33. The molecule has 0 aliphatic carbocycles. The summed E-state index contributed by atoms with van der Waals surface area (Å²) in [5.41, 5.74) is 3.58. The second-order valence-corrected chi connectivity index (χ2v) is 7.37. The van der Waals surface area contributed by atoms with Gasteiger partial charge in [0.1, 0.15) is 5.01 Å². The summed E-state index contributed by atoms with van der Waals surface area (Å²) in [6.45, 7) is 7.86. The summed E-state index contributed by atoms with van der Waals surface area (Å²) in [5.74, 6) is -0.814. The van der Waals surface area contributed by atoms with Gasteiger partial charge in [-0.3, -0.25) is 4.79 Å². The zero-order valence-electron chi connectivity index (χ0n) is 14.5. The molecule has 0 aliphatic rings. The molecule has 0 amide bonds. The number of ether oxygens (including phenoxy) is 1. The third-order valence-electron chi connectivity index (χ3n) is 4.00. The number of thiophene rings is 1. The van der Waals surface area contributed by atoms with Crippen molar-refractivity contribution < 1.29 is 14.3 Å². The molecule has 0 aromatic carbocycles. The first kappa shape index (κ1) is 18.3.